The largest absolute Gasteiger partial charge is 0.504 e. The Morgan fingerprint density at radius 3 is 2.59 bits per heavy atom. The molecule has 0 spiro atoms. The first kappa shape index (κ1) is 13.8. The molecule has 1 aromatic rings. The molecule has 0 saturated carbocycles. The van der Waals surface area contributed by atoms with E-state index in [0.29, 0.717) is 6.29 Å². The number of aromatic hydroxyl groups is 1. The van der Waals surface area contributed by atoms with Crippen LogP contribution in [0.2, 0.25) is 0 Å². The van der Waals surface area contributed by atoms with Gasteiger partial charge in [-0.05, 0) is 12.1 Å². The summed E-state index contributed by atoms with van der Waals surface area (Å²) in [5, 5.41) is 29.0. The van der Waals surface area contributed by atoms with E-state index in [1.807, 2.05) is 0 Å². The van der Waals surface area contributed by atoms with E-state index >= 15 is 0 Å². The number of benzene rings is 1. The molecule has 0 aliphatic rings. The van der Waals surface area contributed by atoms with Gasteiger partial charge in [0, 0.05) is 16.9 Å². The Kier molecular flexibility index (Phi) is 4.80. The number of aliphatic hydroxyl groups excluding tert-OH is 2. The molecular formula is C11H14O5S. The van der Waals surface area contributed by atoms with Crippen LogP contribution in [-0.4, -0.2) is 40.6 Å². The van der Waals surface area contributed by atoms with Gasteiger partial charge in [-0.3, -0.25) is 4.79 Å². The smallest absolute Gasteiger partial charge is 0.163 e. The molecule has 0 amide bonds. The van der Waals surface area contributed by atoms with Crippen molar-refractivity contribution < 1.29 is 24.9 Å². The molecule has 1 aromatic carbocycles. The van der Waals surface area contributed by atoms with Crippen LogP contribution in [0.5, 0.6) is 11.5 Å². The number of phenolic OH excluding ortho intramolecular Hbond substituents is 1. The summed E-state index contributed by atoms with van der Waals surface area (Å²) >= 11 is 3.84. The van der Waals surface area contributed by atoms with Crippen molar-refractivity contribution in [3.63, 3.8) is 0 Å². The van der Waals surface area contributed by atoms with E-state index in [4.69, 9.17) is 4.74 Å². The van der Waals surface area contributed by atoms with Gasteiger partial charge in [0.05, 0.1) is 13.2 Å². The van der Waals surface area contributed by atoms with Gasteiger partial charge in [-0.25, -0.2) is 0 Å². The Balaban J connectivity index is 3.26. The lowest BCUT2D eigenvalue weighted by Gasteiger charge is -2.19. The number of phenols is 1. The summed E-state index contributed by atoms with van der Waals surface area (Å²) in [7, 11) is 1.33. The summed E-state index contributed by atoms with van der Waals surface area (Å²) in [6, 6.07) is 2.63. The van der Waals surface area contributed by atoms with Gasteiger partial charge in [-0.15, -0.1) is 0 Å². The lowest BCUT2D eigenvalue weighted by molar-refractivity contribution is 0.0320. The van der Waals surface area contributed by atoms with Crippen molar-refractivity contribution in [3.05, 3.63) is 23.3 Å². The van der Waals surface area contributed by atoms with E-state index in [0.717, 1.165) is 0 Å². The normalized spacial score (nSPS) is 14.1. The number of carbonyl (C=O) groups is 1. The van der Waals surface area contributed by atoms with Crippen LogP contribution in [0.4, 0.5) is 0 Å². The number of thiol groups is 1. The van der Waals surface area contributed by atoms with Gasteiger partial charge >= 0.3 is 0 Å². The molecule has 0 aliphatic heterocycles. The summed E-state index contributed by atoms with van der Waals surface area (Å²) in [6.45, 7) is 0. The van der Waals surface area contributed by atoms with E-state index in [2.05, 4.69) is 12.6 Å². The number of aldehydes is 1. The van der Waals surface area contributed by atoms with Crippen molar-refractivity contribution in [3.8, 4) is 11.5 Å². The second kappa shape index (κ2) is 5.90. The molecule has 0 saturated heterocycles. The highest BCUT2D eigenvalue weighted by Gasteiger charge is 2.23. The average molecular weight is 258 g/mol. The Morgan fingerprint density at radius 1 is 1.47 bits per heavy atom. The van der Waals surface area contributed by atoms with Gasteiger partial charge in [0.2, 0.25) is 0 Å². The molecule has 3 N–H and O–H groups in total. The fourth-order valence-electron chi connectivity index (χ4n) is 1.41. The molecule has 17 heavy (non-hydrogen) atoms. The zero-order valence-corrected chi connectivity index (χ0v) is 10.1. The zero-order chi connectivity index (χ0) is 13.0. The fourth-order valence-corrected chi connectivity index (χ4v) is 1.61. The monoisotopic (exact) mass is 258 g/mol. The van der Waals surface area contributed by atoms with E-state index in [-0.39, 0.29) is 28.4 Å². The highest BCUT2D eigenvalue weighted by atomic mass is 32.1. The average Bonchev–Trinajstić information content (AvgIpc) is 2.37. The number of aliphatic hydroxyl groups is 2. The molecule has 0 aliphatic carbocycles. The predicted molar refractivity (Wildman–Crippen MR) is 64.9 cm³/mol. The molecule has 0 radical (unpaired) electrons. The van der Waals surface area contributed by atoms with Crippen molar-refractivity contribution in [2.24, 2.45) is 0 Å². The number of methoxy groups -OCH3 is 1. The second-order valence-electron chi connectivity index (χ2n) is 3.47. The number of hydrogen-bond acceptors (Lipinski definition) is 6. The third kappa shape index (κ3) is 2.91. The van der Waals surface area contributed by atoms with Gasteiger partial charge < -0.3 is 20.1 Å². The maximum Gasteiger partial charge on any atom is 0.163 e. The van der Waals surface area contributed by atoms with Crippen molar-refractivity contribution in [1.29, 1.82) is 0 Å². The van der Waals surface area contributed by atoms with Crippen LogP contribution in [0, 0.1) is 0 Å². The third-order valence-corrected chi connectivity index (χ3v) is 2.73. The molecule has 0 aromatic heterocycles. The number of rotatable bonds is 5. The highest BCUT2D eigenvalue weighted by molar-refractivity contribution is 7.80. The lowest BCUT2D eigenvalue weighted by Crippen LogP contribution is -2.20. The Hall–Kier alpha value is -1.24. The quantitative estimate of drug-likeness (QED) is 0.457. The lowest BCUT2D eigenvalue weighted by atomic mass is 10.0. The summed E-state index contributed by atoms with van der Waals surface area (Å²) in [6.07, 6.45) is -1.91. The standard InChI is InChI=1S/C11H14O5S/c1-16-9-3-6(4-12)2-7(11(9)15)10(14)8(13)5-17/h2-4,8,10,13-15,17H,5H2,1H3. The molecule has 6 heteroatoms. The predicted octanol–water partition coefficient (Wildman–Crippen LogP) is 0.537. The van der Waals surface area contributed by atoms with Crippen molar-refractivity contribution in [2.45, 2.75) is 12.2 Å². The van der Waals surface area contributed by atoms with Crippen molar-refractivity contribution in [1.82, 2.24) is 0 Å². The van der Waals surface area contributed by atoms with Gasteiger partial charge in [0.1, 0.15) is 12.4 Å². The van der Waals surface area contributed by atoms with Crippen LogP contribution in [0.15, 0.2) is 12.1 Å². The van der Waals surface area contributed by atoms with Crippen molar-refractivity contribution in [2.75, 3.05) is 12.9 Å². The first-order valence-corrected chi connectivity index (χ1v) is 5.51. The van der Waals surface area contributed by atoms with Crippen LogP contribution in [0.3, 0.4) is 0 Å². The highest BCUT2D eigenvalue weighted by Crippen LogP contribution is 2.36. The van der Waals surface area contributed by atoms with Crippen LogP contribution in [-0.2, 0) is 0 Å². The molecule has 0 heterocycles. The molecule has 1 rings (SSSR count). The van der Waals surface area contributed by atoms with Crippen LogP contribution >= 0.6 is 12.6 Å². The SMILES string of the molecule is COc1cc(C=O)cc(C(O)C(O)CS)c1O. The van der Waals surface area contributed by atoms with E-state index in [1.54, 1.807) is 0 Å². The Bertz CT molecular complexity index is 407. The van der Waals surface area contributed by atoms with Gasteiger partial charge in [0.15, 0.2) is 11.5 Å². The minimum atomic E-state index is -1.33. The van der Waals surface area contributed by atoms with E-state index in [1.165, 1.54) is 19.2 Å². The van der Waals surface area contributed by atoms with Gasteiger partial charge in [-0.1, -0.05) is 0 Å². The van der Waals surface area contributed by atoms with Crippen LogP contribution in [0.1, 0.15) is 22.0 Å². The summed E-state index contributed by atoms with van der Waals surface area (Å²) in [4.78, 5) is 10.7. The Labute approximate surface area is 104 Å². The van der Waals surface area contributed by atoms with Gasteiger partial charge in [0.25, 0.3) is 0 Å². The van der Waals surface area contributed by atoms with Crippen LogP contribution < -0.4 is 4.74 Å². The molecular weight excluding hydrogens is 244 g/mol. The molecule has 2 atom stereocenters. The first-order chi connectivity index (χ1) is 8.04. The number of hydrogen-bond donors (Lipinski definition) is 4. The first-order valence-electron chi connectivity index (χ1n) is 4.88. The van der Waals surface area contributed by atoms with E-state index < -0.39 is 12.2 Å². The second-order valence-corrected chi connectivity index (χ2v) is 3.84. The Morgan fingerprint density at radius 2 is 2.12 bits per heavy atom. The maximum absolute atomic E-state index is 10.7. The molecule has 94 valence electrons. The van der Waals surface area contributed by atoms with Gasteiger partial charge in [-0.2, -0.15) is 12.6 Å². The zero-order valence-electron chi connectivity index (χ0n) is 9.20. The number of ether oxygens (including phenoxy) is 1. The van der Waals surface area contributed by atoms with Crippen molar-refractivity contribution >= 4 is 18.9 Å². The topological polar surface area (TPSA) is 87.0 Å². The molecule has 0 fully saturated rings. The maximum atomic E-state index is 10.7. The minimum absolute atomic E-state index is 0.0221. The number of carbonyl (C=O) groups excluding carboxylic acids is 1. The minimum Gasteiger partial charge on any atom is -0.504 e. The molecule has 5 nitrogen and oxygen atoms in total. The molecule has 0 bridgehead atoms. The summed E-state index contributed by atoms with van der Waals surface area (Å²) < 4.78 is 4.87. The molecule has 2 unspecified atom stereocenters. The summed E-state index contributed by atoms with van der Waals surface area (Å²) in [5.74, 6) is -0.213. The summed E-state index contributed by atoms with van der Waals surface area (Å²) in [5.41, 5.74) is 0.271. The van der Waals surface area contributed by atoms with E-state index in [9.17, 15) is 20.1 Å². The van der Waals surface area contributed by atoms with Crippen LogP contribution in [0.25, 0.3) is 0 Å². The third-order valence-electron chi connectivity index (χ3n) is 2.35. The fraction of sp³-hybridized carbons (Fsp3) is 0.364.